The molecule has 0 atom stereocenters. The molecule has 2 aliphatic rings. The monoisotopic (exact) mass is 771 g/mol. The number of benzene rings is 2. The number of aromatic carboxylic acids is 1. The summed E-state index contributed by atoms with van der Waals surface area (Å²) >= 11 is 0. The fourth-order valence-corrected chi connectivity index (χ4v) is 7.19. The molecule has 6 rings (SSSR count). The van der Waals surface area contributed by atoms with Gasteiger partial charge in [-0.1, -0.05) is 12.1 Å². The maximum atomic E-state index is 12.3. The molecule has 0 aliphatic carbocycles. The van der Waals surface area contributed by atoms with Crippen molar-refractivity contribution in [2.75, 3.05) is 40.4 Å². The van der Waals surface area contributed by atoms with Crippen LogP contribution < -0.4 is 15.2 Å². The van der Waals surface area contributed by atoms with Gasteiger partial charge in [-0.15, -0.1) is 0 Å². The number of fused-ring (bicyclic) bond motifs is 2. The first-order chi connectivity index (χ1) is 26.4. The van der Waals surface area contributed by atoms with Crippen LogP contribution in [0.5, 0.6) is 11.5 Å². The number of aromatic nitrogens is 2. The highest BCUT2D eigenvalue weighted by atomic mass is 16.6. The summed E-state index contributed by atoms with van der Waals surface area (Å²) in [5.41, 5.74) is 6.81. The molecular formula is C42H53N5O9. The summed E-state index contributed by atoms with van der Waals surface area (Å²) < 4.78 is 21.8. The third-order valence-electron chi connectivity index (χ3n) is 9.87. The van der Waals surface area contributed by atoms with Crippen LogP contribution in [0.4, 0.5) is 9.59 Å². The smallest absolute Gasteiger partial charge is 0.410 e. The molecule has 2 saturated heterocycles. The molecule has 0 radical (unpaired) electrons. The molecule has 2 aromatic carbocycles. The zero-order valence-corrected chi connectivity index (χ0v) is 33.5. The highest BCUT2D eigenvalue weighted by molar-refractivity contribution is 5.98. The first-order valence-electron chi connectivity index (χ1n) is 18.8. The van der Waals surface area contributed by atoms with Gasteiger partial charge in [-0.25, -0.2) is 19.4 Å². The van der Waals surface area contributed by atoms with E-state index in [9.17, 15) is 24.3 Å². The lowest BCUT2D eigenvalue weighted by atomic mass is 9.86. The summed E-state index contributed by atoms with van der Waals surface area (Å²) in [6.45, 7) is 13.6. The van der Waals surface area contributed by atoms with Crippen molar-refractivity contribution in [3.05, 3.63) is 71.3 Å². The number of carbonyl (C=O) groups excluding carboxylic acids is 3. The third-order valence-corrected chi connectivity index (χ3v) is 9.87. The average molecular weight is 772 g/mol. The number of pyridine rings is 2. The van der Waals surface area contributed by atoms with E-state index in [1.54, 1.807) is 48.5 Å². The van der Waals surface area contributed by atoms with Crippen molar-refractivity contribution in [1.82, 2.24) is 19.8 Å². The number of rotatable bonds is 6. The topological polar surface area (TPSA) is 184 Å². The lowest BCUT2D eigenvalue weighted by Crippen LogP contribution is -2.41. The van der Waals surface area contributed by atoms with E-state index in [1.807, 2.05) is 65.8 Å². The van der Waals surface area contributed by atoms with Crippen LogP contribution in [-0.2, 0) is 9.47 Å². The SMILES string of the molecule is COc1ccc(C2CCN(C(=O)OC(C)(C)C)CC2)c2cc(C(=O)O)ncc12.COc1ccc(C2CCN(C(=O)OC(C)(C)C)CC2)c2cc(C(N)=O)ncc12. The fourth-order valence-electron chi connectivity index (χ4n) is 7.19. The summed E-state index contributed by atoms with van der Waals surface area (Å²) in [6, 6.07) is 11.2. The molecule has 0 saturated carbocycles. The van der Waals surface area contributed by atoms with Crippen LogP contribution in [0.1, 0.15) is 111 Å². The minimum Gasteiger partial charge on any atom is -0.496 e. The Hall–Kier alpha value is -5.66. The van der Waals surface area contributed by atoms with Gasteiger partial charge in [0, 0.05) is 49.3 Å². The number of methoxy groups -OCH3 is 2. The van der Waals surface area contributed by atoms with Crippen LogP contribution in [0.2, 0.25) is 0 Å². The van der Waals surface area contributed by atoms with Crippen LogP contribution in [0.15, 0.2) is 48.8 Å². The van der Waals surface area contributed by atoms with E-state index < -0.39 is 23.1 Å². The van der Waals surface area contributed by atoms with Gasteiger partial charge in [0.15, 0.2) is 0 Å². The second-order valence-corrected chi connectivity index (χ2v) is 16.1. The van der Waals surface area contributed by atoms with E-state index in [0.717, 1.165) is 58.4 Å². The van der Waals surface area contributed by atoms with Gasteiger partial charge >= 0.3 is 18.2 Å². The summed E-state index contributed by atoms with van der Waals surface area (Å²) in [6.07, 6.45) is 5.82. The van der Waals surface area contributed by atoms with Gasteiger partial charge in [0.05, 0.1) is 14.2 Å². The van der Waals surface area contributed by atoms with E-state index in [1.165, 1.54) is 0 Å². The first-order valence-corrected chi connectivity index (χ1v) is 18.8. The number of carboxylic acid groups (broad SMARTS) is 1. The van der Waals surface area contributed by atoms with Crippen molar-refractivity contribution in [2.24, 2.45) is 5.73 Å². The summed E-state index contributed by atoms with van der Waals surface area (Å²) in [7, 11) is 3.19. The van der Waals surface area contributed by atoms with Crippen molar-refractivity contribution in [3.63, 3.8) is 0 Å². The molecule has 2 fully saturated rings. The highest BCUT2D eigenvalue weighted by Crippen LogP contribution is 2.39. The predicted molar refractivity (Wildman–Crippen MR) is 212 cm³/mol. The molecule has 2 aromatic heterocycles. The number of piperidine rings is 2. The zero-order chi connectivity index (χ0) is 40.9. The molecule has 14 nitrogen and oxygen atoms in total. The predicted octanol–water partition coefficient (Wildman–Crippen LogP) is 7.51. The van der Waals surface area contributed by atoms with Crippen LogP contribution in [0, 0.1) is 0 Å². The molecule has 14 heteroatoms. The molecular weight excluding hydrogens is 718 g/mol. The minimum atomic E-state index is -1.06. The van der Waals surface area contributed by atoms with Crippen molar-refractivity contribution >= 4 is 45.6 Å². The first kappa shape index (κ1) is 41.5. The Kier molecular flexibility index (Phi) is 12.6. The molecule has 56 heavy (non-hydrogen) atoms. The number of primary amides is 1. The second-order valence-electron chi connectivity index (χ2n) is 16.1. The van der Waals surface area contributed by atoms with Gasteiger partial charge in [-0.2, -0.15) is 0 Å². The maximum absolute atomic E-state index is 12.3. The van der Waals surface area contributed by atoms with Crippen molar-refractivity contribution < 1.29 is 43.2 Å². The molecule has 3 N–H and O–H groups in total. The number of amides is 3. The Labute approximate surface area is 327 Å². The van der Waals surface area contributed by atoms with Crippen molar-refractivity contribution in [1.29, 1.82) is 0 Å². The molecule has 0 bridgehead atoms. The largest absolute Gasteiger partial charge is 0.496 e. The van der Waals surface area contributed by atoms with E-state index in [0.29, 0.717) is 37.7 Å². The highest BCUT2D eigenvalue weighted by Gasteiger charge is 2.30. The molecule has 0 spiro atoms. The minimum absolute atomic E-state index is 0.00759. The van der Waals surface area contributed by atoms with Crippen LogP contribution in [0.25, 0.3) is 21.5 Å². The Morgan fingerprint density at radius 1 is 0.643 bits per heavy atom. The van der Waals surface area contributed by atoms with Crippen molar-refractivity contribution in [2.45, 2.75) is 90.3 Å². The van der Waals surface area contributed by atoms with Crippen LogP contribution in [0.3, 0.4) is 0 Å². The number of nitrogens with zero attached hydrogens (tertiary/aromatic N) is 4. The molecule has 300 valence electrons. The summed E-state index contributed by atoms with van der Waals surface area (Å²) in [5.74, 6) is 0.222. The van der Waals surface area contributed by atoms with Gasteiger partial charge < -0.3 is 39.6 Å². The van der Waals surface area contributed by atoms with Gasteiger partial charge in [-0.3, -0.25) is 9.78 Å². The Balaban J connectivity index is 0.000000214. The molecule has 2 aliphatic heterocycles. The standard InChI is InChI=1S/C21H27N3O4.C21H26N2O5/c1-21(2,3)28-20(26)24-9-7-13(8-10-24)14-5-6-18(27-4)16-12-23-17(19(22)25)11-15(14)16;1-21(2,3)28-20(26)23-9-7-13(8-10-23)14-5-6-18(27-4)16-12-22-17(19(24)25)11-15(14)16/h5-6,11-13H,7-10H2,1-4H3,(H2,22,25);5-6,11-13H,7-10H2,1-4H3,(H,24,25). The number of ether oxygens (including phenoxy) is 4. The number of hydrogen-bond donors (Lipinski definition) is 2. The molecule has 3 amide bonds. The molecule has 4 heterocycles. The van der Waals surface area contributed by atoms with Crippen molar-refractivity contribution in [3.8, 4) is 11.5 Å². The number of nitrogens with two attached hydrogens (primary N) is 1. The second kappa shape index (κ2) is 17.0. The number of carboxylic acids is 1. The van der Waals surface area contributed by atoms with E-state index >= 15 is 0 Å². The Morgan fingerprint density at radius 2 is 1.02 bits per heavy atom. The average Bonchev–Trinajstić information content (AvgIpc) is 3.15. The normalized spacial score (nSPS) is 15.5. The van der Waals surface area contributed by atoms with Gasteiger partial charge in [-0.05, 0) is 125 Å². The number of hydrogen-bond acceptors (Lipinski definition) is 10. The van der Waals surface area contributed by atoms with E-state index in [2.05, 4.69) is 9.97 Å². The zero-order valence-electron chi connectivity index (χ0n) is 33.5. The summed E-state index contributed by atoms with van der Waals surface area (Å²) in [5, 5.41) is 12.7. The number of carbonyl (C=O) groups is 4. The summed E-state index contributed by atoms with van der Waals surface area (Å²) in [4.78, 5) is 59.2. The molecule has 0 unspecified atom stereocenters. The van der Waals surface area contributed by atoms with E-state index in [-0.39, 0.29) is 35.4 Å². The van der Waals surface area contributed by atoms with Crippen LogP contribution >= 0.6 is 0 Å². The van der Waals surface area contributed by atoms with Gasteiger partial charge in [0.1, 0.15) is 34.1 Å². The Bertz CT molecular complexity index is 1940. The fraction of sp³-hybridized carbons (Fsp3) is 0.476. The lowest BCUT2D eigenvalue weighted by molar-refractivity contribution is 0.0194. The lowest BCUT2D eigenvalue weighted by Gasteiger charge is -2.34. The van der Waals surface area contributed by atoms with E-state index in [4.69, 9.17) is 24.7 Å². The maximum Gasteiger partial charge on any atom is 0.410 e. The van der Waals surface area contributed by atoms with Gasteiger partial charge in [0.2, 0.25) is 0 Å². The third kappa shape index (κ3) is 9.95. The van der Waals surface area contributed by atoms with Gasteiger partial charge in [0.25, 0.3) is 5.91 Å². The van der Waals surface area contributed by atoms with Crippen LogP contribution in [-0.4, -0.2) is 101 Å². The molecule has 4 aromatic rings. The quantitative estimate of drug-likeness (QED) is 0.198. The number of likely N-dealkylation sites (tertiary alicyclic amines) is 2. The Morgan fingerprint density at radius 3 is 1.36 bits per heavy atom.